The van der Waals surface area contributed by atoms with Crippen molar-refractivity contribution in [2.45, 2.75) is 60.4 Å². The SMILES string of the molecule is O=P(O)(O)CC(CN(CC(CP(=O)(O)O)P(=O)(O)O)C1CCCCC1N(CC(CP(=O)(O)O)P(=O)(O)O)CC(CP(=O)(O)O)P(=O)(O)O)P(=O)(O)O. The highest BCUT2D eigenvalue weighted by Gasteiger charge is 2.47. The zero-order chi connectivity index (χ0) is 41.1. The molecule has 0 bridgehead atoms. The molecule has 0 heterocycles. The molecule has 1 rings (SSSR count). The summed E-state index contributed by atoms with van der Waals surface area (Å²) in [5, 5.41) is 0. The maximum Gasteiger partial charge on any atom is 0.330 e. The van der Waals surface area contributed by atoms with Crippen LogP contribution >= 0.6 is 60.8 Å². The fourth-order valence-electron chi connectivity index (χ4n) is 5.90. The van der Waals surface area contributed by atoms with Crippen molar-refractivity contribution in [2.24, 2.45) is 0 Å². The van der Waals surface area contributed by atoms with Crippen LogP contribution in [0.1, 0.15) is 25.7 Å². The first-order valence-electron chi connectivity index (χ1n) is 14.7. The van der Waals surface area contributed by atoms with Crippen LogP contribution in [0.5, 0.6) is 0 Å². The van der Waals surface area contributed by atoms with E-state index in [1.807, 2.05) is 0 Å². The third kappa shape index (κ3) is 20.0. The van der Waals surface area contributed by atoms with Crippen LogP contribution < -0.4 is 0 Å². The summed E-state index contributed by atoms with van der Waals surface area (Å²) in [7, 11) is -43.4. The van der Waals surface area contributed by atoms with Crippen molar-refractivity contribution in [2.75, 3.05) is 50.8 Å². The van der Waals surface area contributed by atoms with Gasteiger partial charge in [-0.3, -0.25) is 46.3 Å². The molecule has 0 aliphatic heterocycles. The van der Waals surface area contributed by atoms with Gasteiger partial charge in [-0.1, -0.05) is 12.8 Å². The number of rotatable bonds is 22. The molecule has 0 radical (unpaired) electrons. The third-order valence-electron chi connectivity index (χ3n) is 8.11. The van der Waals surface area contributed by atoms with Crippen molar-refractivity contribution >= 4 is 60.8 Å². The fraction of sp³-hybridized carbons (Fsp3) is 1.00. The Bertz CT molecular complexity index is 1360. The average molecular weight is 922 g/mol. The Balaban J connectivity index is 4.10. The predicted molar refractivity (Wildman–Crippen MR) is 180 cm³/mol. The topological polar surface area (TPSA) is 467 Å². The highest BCUT2D eigenvalue weighted by molar-refractivity contribution is 7.58. The first-order valence-corrected chi connectivity index (χ1v) is 28.6. The van der Waals surface area contributed by atoms with Gasteiger partial charge in [-0.25, -0.2) is 0 Å². The van der Waals surface area contributed by atoms with Gasteiger partial charge in [0.05, 0.1) is 47.3 Å². The van der Waals surface area contributed by atoms with E-state index >= 15 is 0 Å². The molecule has 34 heteroatoms. The van der Waals surface area contributed by atoms with Gasteiger partial charge in [0.1, 0.15) is 0 Å². The summed E-state index contributed by atoms with van der Waals surface area (Å²) in [5.41, 5.74) is -9.36. The van der Waals surface area contributed by atoms with Crippen LogP contribution in [-0.2, 0) is 36.5 Å². The Labute approximate surface area is 296 Å². The number of hydrogen-bond donors (Lipinski definition) is 16. The molecule has 0 aromatic rings. The largest absolute Gasteiger partial charge is 0.330 e. The average Bonchev–Trinajstić information content (AvgIpc) is 2.85. The monoisotopic (exact) mass is 922 g/mol. The number of nitrogens with zero attached hydrogens (tertiary/aromatic N) is 2. The van der Waals surface area contributed by atoms with E-state index in [-0.39, 0.29) is 25.7 Å². The van der Waals surface area contributed by atoms with E-state index in [4.69, 9.17) is 0 Å². The van der Waals surface area contributed by atoms with E-state index in [2.05, 4.69) is 0 Å². The van der Waals surface area contributed by atoms with Crippen molar-refractivity contribution in [3.8, 4) is 0 Å². The quantitative estimate of drug-likeness (QED) is 0.0512. The van der Waals surface area contributed by atoms with Crippen molar-refractivity contribution in [1.82, 2.24) is 9.80 Å². The molecule has 0 spiro atoms. The zero-order valence-electron chi connectivity index (χ0n) is 26.8. The van der Waals surface area contributed by atoms with Gasteiger partial charge in [0.2, 0.25) is 0 Å². The van der Waals surface area contributed by atoms with Crippen molar-refractivity contribution in [3.05, 3.63) is 0 Å². The Kier molecular flexibility index (Phi) is 18.5. The highest BCUT2D eigenvalue weighted by atomic mass is 31.2. The molecule has 0 saturated heterocycles. The second kappa shape index (κ2) is 18.8. The van der Waals surface area contributed by atoms with Crippen molar-refractivity contribution in [3.63, 3.8) is 0 Å². The molecule has 1 fully saturated rings. The summed E-state index contributed by atoms with van der Waals surface area (Å²) in [6, 6.07) is -2.96. The molecule has 1 saturated carbocycles. The summed E-state index contributed by atoms with van der Waals surface area (Å²) in [5.74, 6) is 0. The van der Waals surface area contributed by atoms with Gasteiger partial charge in [-0.15, -0.1) is 0 Å². The summed E-state index contributed by atoms with van der Waals surface area (Å²) < 4.78 is 97.3. The second-order valence-electron chi connectivity index (χ2n) is 12.7. The van der Waals surface area contributed by atoms with Crippen molar-refractivity contribution in [1.29, 1.82) is 0 Å². The normalized spacial score (nSPS) is 21.7. The van der Waals surface area contributed by atoms with Gasteiger partial charge >= 0.3 is 60.8 Å². The van der Waals surface area contributed by atoms with Gasteiger partial charge in [0, 0.05) is 38.3 Å². The van der Waals surface area contributed by atoms with E-state index in [0.29, 0.717) is 0 Å². The van der Waals surface area contributed by atoms with Crippen LogP contribution in [0.15, 0.2) is 0 Å². The molecule has 6 atom stereocenters. The number of hydrogen-bond acceptors (Lipinski definition) is 10. The van der Waals surface area contributed by atoms with Crippen LogP contribution in [-0.4, -0.2) is 174 Å². The van der Waals surface area contributed by atoms with E-state index in [1.165, 1.54) is 0 Å². The summed E-state index contributed by atoms with van der Waals surface area (Å²) in [6.07, 6.45) is -6.41. The van der Waals surface area contributed by atoms with E-state index in [0.717, 1.165) is 9.80 Å². The van der Waals surface area contributed by atoms with Crippen molar-refractivity contribution < 1.29 is 115 Å². The maximum atomic E-state index is 12.4. The molecular weight excluding hydrogens is 876 g/mol. The van der Waals surface area contributed by atoms with Crippen LogP contribution in [0.3, 0.4) is 0 Å². The van der Waals surface area contributed by atoms with Crippen LogP contribution in [0, 0.1) is 0 Å². The van der Waals surface area contributed by atoms with Crippen LogP contribution in [0.4, 0.5) is 0 Å². The van der Waals surface area contributed by atoms with Crippen LogP contribution in [0.25, 0.3) is 0 Å². The molecule has 1 aliphatic carbocycles. The van der Waals surface area contributed by atoms with E-state index in [9.17, 15) is 115 Å². The van der Waals surface area contributed by atoms with Gasteiger partial charge in [-0.05, 0) is 12.8 Å². The first kappa shape index (κ1) is 51.1. The summed E-state index contributed by atoms with van der Waals surface area (Å²) >= 11 is 0. The van der Waals surface area contributed by atoms with E-state index in [1.54, 1.807) is 0 Å². The minimum atomic E-state index is -5.56. The molecular formula is C18H46N2O24P8. The molecule has 16 N–H and O–H groups in total. The molecule has 0 amide bonds. The Morgan fingerprint density at radius 1 is 0.365 bits per heavy atom. The first-order chi connectivity index (χ1) is 22.8. The molecule has 312 valence electrons. The Morgan fingerprint density at radius 3 is 0.673 bits per heavy atom. The maximum absolute atomic E-state index is 12.4. The zero-order valence-corrected chi connectivity index (χ0v) is 34.0. The molecule has 1 aliphatic rings. The van der Waals surface area contributed by atoms with Gasteiger partial charge in [0.15, 0.2) is 0 Å². The smallest absolute Gasteiger partial charge is 0.324 e. The lowest BCUT2D eigenvalue weighted by Gasteiger charge is -2.48. The Morgan fingerprint density at radius 2 is 0.538 bits per heavy atom. The standard InChI is InChI=1S/C18H46N2O24P8/c21-45(22,23)9-13(49(33,34)35)5-19(6-14(50(36,37)38)10-46(24,25)26)17-3-1-2-4-18(17)20(7-15(51(39,40)41)11-47(27,28)29)8-16(52(42,43)44)12-48(30,31)32/h13-18H,1-12H2,(H2,21,22,23)(H2,24,25,26)(H2,27,28,29)(H2,30,31,32)(H2,33,34,35)(H2,36,37,38)(H2,39,40,41)(H2,42,43,44). The van der Waals surface area contributed by atoms with Gasteiger partial charge < -0.3 is 78.3 Å². The lowest BCUT2D eigenvalue weighted by molar-refractivity contribution is 0.0447. The lowest BCUT2D eigenvalue weighted by Crippen LogP contribution is -2.59. The Hall–Kier alpha value is 1.12. The minimum absolute atomic E-state index is 0.123. The summed E-state index contributed by atoms with van der Waals surface area (Å²) in [4.78, 5) is 158. The molecule has 0 aromatic carbocycles. The lowest BCUT2D eigenvalue weighted by atomic mass is 9.87. The molecule has 0 aromatic heterocycles. The minimum Gasteiger partial charge on any atom is -0.324 e. The van der Waals surface area contributed by atoms with Crippen LogP contribution in [0.2, 0.25) is 0 Å². The van der Waals surface area contributed by atoms with Gasteiger partial charge in [-0.2, -0.15) is 0 Å². The second-order valence-corrected chi connectivity index (χ2v) is 27.1. The molecule has 6 unspecified atom stereocenters. The molecule has 52 heavy (non-hydrogen) atoms. The molecule has 26 nitrogen and oxygen atoms in total. The highest BCUT2D eigenvalue weighted by Crippen LogP contribution is 2.54. The van der Waals surface area contributed by atoms with E-state index < -0.39 is 146 Å². The third-order valence-corrected chi connectivity index (χ3v) is 18.1. The summed E-state index contributed by atoms with van der Waals surface area (Å²) in [6.45, 7) is -4.73. The fourth-order valence-corrected chi connectivity index (χ4v) is 16.2. The predicted octanol–water partition coefficient (Wildman–Crippen LogP) is -2.20. The van der Waals surface area contributed by atoms with Gasteiger partial charge in [0.25, 0.3) is 0 Å².